The average molecular weight is 437 g/mol. The molecular weight excluding hydrogens is 418 g/mol. The SMILES string of the molecule is CC[C@H](Cn1ncnn1)n1cnc2cc3c(=O)n([C@H](C)N4CN=NN4)nnc3cc2c1=O. The highest BCUT2D eigenvalue weighted by Gasteiger charge is 2.22. The number of fused-ring (bicyclic) bond motifs is 2. The van der Waals surface area contributed by atoms with Crippen LogP contribution in [0.4, 0.5) is 0 Å². The van der Waals surface area contributed by atoms with Crippen LogP contribution in [-0.4, -0.2) is 56.4 Å². The van der Waals surface area contributed by atoms with Gasteiger partial charge in [0.15, 0.2) is 6.33 Å². The predicted molar refractivity (Wildman–Crippen MR) is 110 cm³/mol. The molecule has 3 aromatic heterocycles. The molecule has 4 heterocycles. The molecule has 0 fully saturated rings. The molecule has 5 rings (SSSR count). The first kappa shape index (κ1) is 19.8. The lowest BCUT2D eigenvalue weighted by Crippen LogP contribution is -2.41. The van der Waals surface area contributed by atoms with Crippen LogP contribution in [-0.2, 0) is 6.54 Å². The summed E-state index contributed by atoms with van der Waals surface area (Å²) in [6, 6.07) is 2.91. The van der Waals surface area contributed by atoms with E-state index in [0.29, 0.717) is 34.8 Å². The van der Waals surface area contributed by atoms with Gasteiger partial charge in [0.05, 0.1) is 35.2 Å². The van der Waals surface area contributed by atoms with Gasteiger partial charge < -0.3 is 0 Å². The third kappa shape index (κ3) is 3.27. The summed E-state index contributed by atoms with van der Waals surface area (Å²) in [7, 11) is 0. The second kappa shape index (κ2) is 7.84. The average Bonchev–Trinajstić information content (AvgIpc) is 3.52. The topological polar surface area (TPSA) is 166 Å². The fraction of sp³-hybridized carbons (Fsp3) is 0.412. The lowest BCUT2D eigenvalue weighted by Gasteiger charge is -2.21. The zero-order valence-electron chi connectivity index (χ0n) is 17.3. The van der Waals surface area contributed by atoms with Crippen molar-refractivity contribution in [3.8, 4) is 0 Å². The molecule has 0 saturated carbocycles. The minimum absolute atomic E-state index is 0.215. The maximum atomic E-state index is 13.2. The highest BCUT2D eigenvalue weighted by atomic mass is 16.1. The van der Waals surface area contributed by atoms with Crippen molar-refractivity contribution < 1.29 is 0 Å². The Bertz CT molecular complexity index is 1420. The van der Waals surface area contributed by atoms with Crippen molar-refractivity contribution in [1.29, 1.82) is 0 Å². The molecule has 0 aliphatic carbocycles. The van der Waals surface area contributed by atoms with Gasteiger partial charge in [-0.3, -0.25) is 14.2 Å². The summed E-state index contributed by atoms with van der Waals surface area (Å²) in [5, 5.41) is 29.6. The molecule has 164 valence electrons. The van der Waals surface area contributed by atoms with Gasteiger partial charge in [-0.15, -0.1) is 15.3 Å². The van der Waals surface area contributed by atoms with E-state index in [4.69, 9.17) is 0 Å². The van der Waals surface area contributed by atoms with Crippen LogP contribution in [0.5, 0.6) is 0 Å². The summed E-state index contributed by atoms with van der Waals surface area (Å²) >= 11 is 0. The zero-order valence-corrected chi connectivity index (χ0v) is 17.3. The number of hydrazine groups is 1. The smallest absolute Gasteiger partial charge is 0.279 e. The first-order valence-electron chi connectivity index (χ1n) is 9.96. The minimum Gasteiger partial charge on any atom is -0.294 e. The van der Waals surface area contributed by atoms with Crippen molar-refractivity contribution >= 4 is 21.8 Å². The van der Waals surface area contributed by atoms with Crippen molar-refractivity contribution in [2.75, 3.05) is 6.67 Å². The molecule has 1 aliphatic rings. The second-order valence-electron chi connectivity index (χ2n) is 7.32. The molecule has 0 spiro atoms. The molecule has 0 bridgehead atoms. The first-order valence-corrected chi connectivity index (χ1v) is 9.96. The van der Waals surface area contributed by atoms with E-state index < -0.39 is 6.17 Å². The molecule has 1 N–H and O–H groups in total. The molecule has 15 heteroatoms. The van der Waals surface area contributed by atoms with Crippen LogP contribution in [0.25, 0.3) is 21.8 Å². The third-order valence-electron chi connectivity index (χ3n) is 5.48. The third-order valence-corrected chi connectivity index (χ3v) is 5.48. The van der Waals surface area contributed by atoms with Gasteiger partial charge in [0, 0.05) is 0 Å². The Kier molecular flexibility index (Phi) is 4.85. The first-order chi connectivity index (χ1) is 15.6. The highest BCUT2D eigenvalue weighted by Crippen LogP contribution is 2.18. The van der Waals surface area contributed by atoms with E-state index in [1.165, 1.54) is 22.1 Å². The van der Waals surface area contributed by atoms with Gasteiger partial charge in [-0.05, 0) is 30.7 Å². The van der Waals surface area contributed by atoms with Crippen molar-refractivity contribution in [2.45, 2.75) is 39.0 Å². The molecule has 2 atom stereocenters. The van der Waals surface area contributed by atoms with Crippen molar-refractivity contribution in [2.24, 2.45) is 10.3 Å². The zero-order chi connectivity index (χ0) is 22.2. The molecule has 1 aliphatic heterocycles. The van der Waals surface area contributed by atoms with Crippen LogP contribution in [0.2, 0.25) is 0 Å². The summed E-state index contributed by atoms with van der Waals surface area (Å²) in [6.45, 7) is 4.40. The molecule has 0 unspecified atom stereocenters. The molecule has 32 heavy (non-hydrogen) atoms. The van der Waals surface area contributed by atoms with E-state index in [9.17, 15) is 9.59 Å². The van der Waals surface area contributed by atoms with Gasteiger partial charge in [0.1, 0.15) is 18.4 Å². The number of hydrogen-bond acceptors (Lipinski definition) is 12. The standard InChI is InChI=1S/C17H19N13O2/c1-3-11(6-29-21-7-19-24-29)27-8-18-14-4-13-15(5-12(14)16(27)31)22-25-30(17(13)32)10(2)28-9-20-23-26-28/h4-5,7-8,10-11H,3,6,9H2,1-2H3,(H,20,26)/t10-,11-/m1/s1. The molecular formula is C17H19N13O2. The van der Waals surface area contributed by atoms with Crippen LogP contribution in [0.3, 0.4) is 0 Å². The van der Waals surface area contributed by atoms with Gasteiger partial charge in [-0.2, -0.15) is 19.6 Å². The Hall–Kier alpha value is -4.14. The highest BCUT2D eigenvalue weighted by molar-refractivity contribution is 5.93. The van der Waals surface area contributed by atoms with Crippen LogP contribution in [0, 0.1) is 0 Å². The summed E-state index contributed by atoms with van der Waals surface area (Å²) in [4.78, 5) is 32.1. The van der Waals surface area contributed by atoms with Crippen molar-refractivity contribution in [3.63, 3.8) is 0 Å². The largest absolute Gasteiger partial charge is 0.294 e. The van der Waals surface area contributed by atoms with Crippen LogP contribution in [0.1, 0.15) is 32.5 Å². The fourth-order valence-electron chi connectivity index (χ4n) is 3.62. The Balaban J connectivity index is 1.57. The summed E-state index contributed by atoms with van der Waals surface area (Å²) in [5.74, 6) is 0. The minimum atomic E-state index is -0.471. The van der Waals surface area contributed by atoms with E-state index in [0.717, 1.165) is 0 Å². The maximum absolute atomic E-state index is 13.2. The molecule has 0 saturated heterocycles. The summed E-state index contributed by atoms with van der Waals surface area (Å²) in [6.07, 6.45) is 3.01. The normalized spacial score (nSPS) is 15.9. The Morgan fingerprint density at radius 2 is 1.94 bits per heavy atom. The number of rotatable bonds is 6. The monoisotopic (exact) mass is 437 g/mol. The Morgan fingerprint density at radius 1 is 1.12 bits per heavy atom. The quantitative estimate of drug-likeness (QED) is 0.399. The van der Waals surface area contributed by atoms with Gasteiger partial charge >= 0.3 is 0 Å². The number of hydrogen-bond donors (Lipinski definition) is 1. The molecule has 0 radical (unpaired) electrons. The Morgan fingerprint density at radius 3 is 2.66 bits per heavy atom. The van der Waals surface area contributed by atoms with E-state index in [2.05, 4.69) is 46.6 Å². The molecule has 1 aromatic carbocycles. The van der Waals surface area contributed by atoms with Crippen molar-refractivity contribution in [1.82, 2.24) is 55.3 Å². The van der Waals surface area contributed by atoms with Crippen LogP contribution < -0.4 is 16.7 Å². The van der Waals surface area contributed by atoms with Gasteiger partial charge in [0.2, 0.25) is 0 Å². The number of nitrogens with one attached hydrogen (secondary N) is 1. The van der Waals surface area contributed by atoms with E-state index >= 15 is 0 Å². The van der Waals surface area contributed by atoms with E-state index in [1.807, 2.05) is 6.92 Å². The second-order valence-corrected chi connectivity index (χ2v) is 7.32. The fourth-order valence-corrected chi connectivity index (χ4v) is 3.62. The maximum Gasteiger partial charge on any atom is 0.279 e. The number of tetrazole rings is 1. The predicted octanol–water partition coefficient (Wildman–Crippen LogP) is -0.197. The molecule has 4 aromatic rings. The van der Waals surface area contributed by atoms with E-state index in [-0.39, 0.29) is 23.8 Å². The van der Waals surface area contributed by atoms with Crippen LogP contribution in [0.15, 0.2) is 44.7 Å². The lowest BCUT2D eigenvalue weighted by molar-refractivity contribution is 0.105. The van der Waals surface area contributed by atoms with E-state index in [1.54, 1.807) is 28.6 Å². The van der Waals surface area contributed by atoms with Crippen LogP contribution >= 0.6 is 0 Å². The molecule has 15 nitrogen and oxygen atoms in total. The summed E-state index contributed by atoms with van der Waals surface area (Å²) in [5.41, 5.74) is 2.82. The Labute approximate surface area is 179 Å². The van der Waals surface area contributed by atoms with Gasteiger partial charge in [-0.1, -0.05) is 17.4 Å². The van der Waals surface area contributed by atoms with Gasteiger partial charge in [-0.25, -0.2) is 10.5 Å². The number of aromatic nitrogens is 9. The number of benzene rings is 1. The van der Waals surface area contributed by atoms with Gasteiger partial charge in [0.25, 0.3) is 11.1 Å². The summed E-state index contributed by atoms with van der Waals surface area (Å²) < 4.78 is 2.78. The van der Waals surface area contributed by atoms with Crippen molar-refractivity contribution in [3.05, 3.63) is 45.5 Å². The number of nitrogens with zero attached hydrogens (tertiary/aromatic N) is 12. The lowest BCUT2D eigenvalue weighted by atomic mass is 10.1. The molecule has 0 amide bonds.